The van der Waals surface area contributed by atoms with Crippen LogP contribution in [0.4, 0.5) is 4.79 Å². The lowest BCUT2D eigenvalue weighted by Gasteiger charge is -2.35. The molecule has 2 unspecified atom stereocenters. The lowest BCUT2D eigenvalue weighted by Crippen LogP contribution is -2.46. The van der Waals surface area contributed by atoms with E-state index in [1.54, 1.807) is 11.9 Å². The number of hydrogen-bond acceptors (Lipinski definition) is 3. The fourth-order valence-electron chi connectivity index (χ4n) is 1.82. The van der Waals surface area contributed by atoms with E-state index in [0.29, 0.717) is 12.6 Å². The van der Waals surface area contributed by atoms with Gasteiger partial charge in [0, 0.05) is 26.2 Å². The molecule has 4 heteroatoms. The zero-order valence-electron chi connectivity index (χ0n) is 11.7. The molecule has 100 valence electrons. The lowest BCUT2D eigenvalue weighted by atomic mass is 9.81. The minimum atomic E-state index is -0.415. The van der Waals surface area contributed by atoms with E-state index < -0.39 is 5.60 Å². The van der Waals surface area contributed by atoms with Crippen LogP contribution in [0, 0.1) is 5.92 Å². The number of carbonyl (C=O) groups is 1. The van der Waals surface area contributed by atoms with Crippen molar-refractivity contribution in [3.05, 3.63) is 0 Å². The Bertz CT molecular complexity index is 261. The molecule has 1 fully saturated rings. The fourth-order valence-corrected chi connectivity index (χ4v) is 1.82. The van der Waals surface area contributed by atoms with Crippen molar-refractivity contribution in [3.63, 3.8) is 0 Å². The zero-order valence-corrected chi connectivity index (χ0v) is 11.7. The molecule has 0 aromatic carbocycles. The highest BCUT2D eigenvalue weighted by Crippen LogP contribution is 2.25. The lowest BCUT2D eigenvalue weighted by molar-refractivity contribution is 0.0296. The highest BCUT2D eigenvalue weighted by molar-refractivity contribution is 5.67. The SMILES string of the molecule is CC1CCC1NCCN(C)C(=O)OC(C)(C)C. The Morgan fingerprint density at radius 3 is 2.47 bits per heavy atom. The first kappa shape index (κ1) is 14.3. The first-order valence-electron chi connectivity index (χ1n) is 6.47. The topological polar surface area (TPSA) is 41.6 Å². The third kappa shape index (κ3) is 4.94. The molecule has 0 radical (unpaired) electrons. The van der Waals surface area contributed by atoms with Crippen molar-refractivity contribution in [2.75, 3.05) is 20.1 Å². The second kappa shape index (κ2) is 5.71. The minimum absolute atomic E-state index is 0.249. The van der Waals surface area contributed by atoms with Gasteiger partial charge in [0.25, 0.3) is 0 Å². The van der Waals surface area contributed by atoms with Crippen LogP contribution in [0.2, 0.25) is 0 Å². The van der Waals surface area contributed by atoms with Crippen LogP contribution in [0.25, 0.3) is 0 Å². The standard InChI is InChI=1S/C13H26N2O2/c1-10-6-7-11(10)14-8-9-15(5)12(16)17-13(2,3)4/h10-11,14H,6-9H2,1-5H3. The molecular weight excluding hydrogens is 216 g/mol. The maximum absolute atomic E-state index is 11.7. The summed E-state index contributed by atoms with van der Waals surface area (Å²) in [5.41, 5.74) is -0.415. The monoisotopic (exact) mass is 242 g/mol. The Morgan fingerprint density at radius 2 is 2.06 bits per heavy atom. The summed E-state index contributed by atoms with van der Waals surface area (Å²) in [5.74, 6) is 0.779. The second-order valence-electron chi connectivity index (χ2n) is 6.02. The Labute approximate surface area is 105 Å². The molecule has 17 heavy (non-hydrogen) atoms. The predicted molar refractivity (Wildman–Crippen MR) is 69.1 cm³/mol. The van der Waals surface area contributed by atoms with Gasteiger partial charge in [-0.25, -0.2) is 4.79 Å². The molecule has 0 bridgehead atoms. The van der Waals surface area contributed by atoms with E-state index in [4.69, 9.17) is 4.74 Å². The van der Waals surface area contributed by atoms with Crippen LogP contribution in [-0.4, -0.2) is 42.8 Å². The molecule has 1 aliphatic carbocycles. The van der Waals surface area contributed by atoms with Crippen LogP contribution in [0.15, 0.2) is 0 Å². The van der Waals surface area contributed by atoms with Crippen LogP contribution in [0.1, 0.15) is 40.5 Å². The van der Waals surface area contributed by atoms with Crippen molar-refractivity contribution < 1.29 is 9.53 Å². The first-order chi connectivity index (χ1) is 7.79. The van der Waals surface area contributed by atoms with Crippen LogP contribution in [0.5, 0.6) is 0 Å². The average molecular weight is 242 g/mol. The molecule has 1 aliphatic rings. The van der Waals surface area contributed by atoms with E-state index >= 15 is 0 Å². The maximum Gasteiger partial charge on any atom is 0.410 e. The summed E-state index contributed by atoms with van der Waals surface area (Å²) in [5, 5.41) is 3.47. The van der Waals surface area contributed by atoms with E-state index in [-0.39, 0.29) is 6.09 Å². The Kier molecular flexibility index (Phi) is 4.80. The van der Waals surface area contributed by atoms with Crippen molar-refractivity contribution in [1.82, 2.24) is 10.2 Å². The molecular formula is C13H26N2O2. The largest absolute Gasteiger partial charge is 0.444 e. The number of nitrogens with zero attached hydrogens (tertiary/aromatic N) is 1. The van der Waals surface area contributed by atoms with Crippen LogP contribution in [0.3, 0.4) is 0 Å². The number of likely N-dealkylation sites (N-methyl/N-ethyl adjacent to an activating group) is 1. The van der Waals surface area contributed by atoms with Crippen molar-refractivity contribution in [3.8, 4) is 0 Å². The smallest absolute Gasteiger partial charge is 0.410 e. The molecule has 1 saturated carbocycles. The summed E-state index contributed by atoms with van der Waals surface area (Å²) in [4.78, 5) is 13.3. The van der Waals surface area contributed by atoms with E-state index in [9.17, 15) is 4.79 Å². The summed E-state index contributed by atoms with van der Waals surface area (Å²) < 4.78 is 5.28. The van der Waals surface area contributed by atoms with E-state index in [2.05, 4.69) is 12.2 Å². The van der Waals surface area contributed by atoms with Gasteiger partial charge in [-0.05, 0) is 39.5 Å². The predicted octanol–water partition coefficient (Wildman–Crippen LogP) is 2.24. The summed E-state index contributed by atoms with van der Waals surface area (Å²) >= 11 is 0. The number of hydrogen-bond donors (Lipinski definition) is 1. The number of carbonyl (C=O) groups excluding carboxylic acids is 1. The highest BCUT2D eigenvalue weighted by atomic mass is 16.6. The van der Waals surface area contributed by atoms with Crippen molar-refractivity contribution in [1.29, 1.82) is 0 Å². The van der Waals surface area contributed by atoms with Gasteiger partial charge in [0.1, 0.15) is 5.60 Å². The van der Waals surface area contributed by atoms with Crippen LogP contribution < -0.4 is 5.32 Å². The van der Waals surface area contributed by atoms with Gasteiger partial charge in [-0.2, -0.15) is 0 Å². The zero-order chi connectivity index (χ0) is 13.1. The molecule has 0 aromatic heterocycles. The van der Waals surface area contributed by atoms with E-state index in [1.165, 1.54) is 12.8 Å². The maximum atomic E-state index is 11.7. The van der Waals surface area contributed by atoms with Gasteiger partial charge in [0.15, 0.2) is 0 Å². The summed E-state index contributed by atoms with van der Waals surface area (Å²) in [6.45, 7) is 9.44. The Hall–Kier alpha value is -0.770. The Morgan fingerprint density at radius 1 is 1.41 bits per heavy atom. The van der Waals surface area contributed by atoms with Gasteiger partial charge < -0.3 is 15.0 Å². The second-order valence-corrected chi connectivity index (χ2v) is 6.02. The van der Waals surface area contributed by atoms with Gasteiger partial charge in [-0.15, -0.1) is 0 Å². The van der Waals surface area contributed by atoms with Gasteiger partial charge >= 0.3 is 6.09 Å². The van der Waals surface area contributed by atoms with Crippen LogP contribution >= 0.6 is 0 Å². The molecule has 0 spiro atoms. The molecule has 0 heterocycles. The van der Waals surface area contributed by atoms with Crippen LogP contribution in [-0.2, 0) is 4.74 Å². The molecule has 0 aliphatic heterocycles. The van der Waals surface area contributed by atoms with Crippen molar-refractivity contribution in [2.24, 2.45) is 5.92 Å². The molecule has 1 N–H and O–H groups in total. The summed E-state index contributed by atoms with van der Waals surface area (Å²) in [7, 11) is 1.78. The molecule has 0 aromatic rings. The molecule has 4 nitrogen and oxygen atoms in total. The first-order valence-corrected chi connectivity index (χ1v) is 6.47. The fraction of sp³-hybridized carbons (Fsp3) is 0.923. The number of rotatable bonds is 4. The highest BCUT2D eigenvalue weighted by Gasteiger charge is 2.26. The van der Waals surface area contributed by atoms with Gasteiger partial charge in [-0.1, -0.05) is 6.92 Å². The molecule has 1 rings (SSSR count). The quantitative estimate of drug-likeness (QED) is 0.822. The van der Waals surface area contributed by atoms with Crippen molar-refractivity contribution in [2.45, 2.75) is 52.2 Å². The average Bonchev–Trinajstić information content (AvgIpc) is 2.19. The normalized spacial score (nSPS) is 24.1. The molecule has 0 saturated heterocycles. The van der Waals surface area contributed by atoms with Gasteiger partial charge in [0.05, 0.1) is 0 Å². The van der Waals surface area contributed by atoms with E-state index in [0.717, 1.165) is 12.5 Å². The number of ether oxygens (including phenoxy) is 1. The minimum Gasteiger partial charge on any atom is -0.444 e. The third-order valence-electron chi connectivity index (χ3n) is 3.18. The van der Waals surface area contributed by atoms with Crippen molar-refractivity contribution >= 4 is 6.09 Å². The Balaban J connectivity index is 2.15. The molecule has 1 amide bonds. The summed E-state index contributed by atoms with van der Waals surface area (Å²) in [6, 6.07) is 0.641. The number of amides is 1. The number of nitrogens with one attached hydrogen (secondary N) is 1. The summed E-state index contributed by atoms with van der Waals surface area (Å²) in [6.07, 6.45) is 2.33. The third-order valence-corrected chi connectivity index (χ3v) is 3.18. The van der Waals surface area contributed by atoms with Gasteiger partial charge in [0.2, 0.25) is 0 Å². The van der Waals surface area contributed by atoms with E-state index in [1.807, 2.05) is 20.8 Å². The van der Waals surface area contributed by atoms with Gasteiger partial charge in [-0.3, -0.25) is 0 Å². The molecule has 2 atom stereocenters.